The number of aliphatic carboxylic acids is 1. The number of hydrogen-bond acceptors (Lipinski definition) is 7. The third-order valence-corrected chi connectivity index (χ3v) is 5.31. The van der Waals surface area contributed by atoms with Crippen LogP contribution in [0.15, 0.2) is 42.7 Å². The van der Waals surface area contributed by atoms with Gasteiger partial charge in [-0.3, -0.25) is 4.79 Å². The SMILES string of the molecule is CN(CCC(=O)NC(CO)C(=O)O)c1ncnc2sc(-c3ccccc3)cc12. The molecular formula is C19H20N4O4S. The molecule has 28 heavy (non-hydrogen) atoms. The zero-order valence-electron chi connectivity index (χ0n) is 15.2. The second-order valence-corrected chi connectivity index (χ2v) is 7.24. The van der Waals surface area contributed by atoms with E-state index >= 15 is 0 Å². The number of hydrogen-bond donors (Lipinski definition) is 3. The number of aliphatic hydroxyl groups is 1. The highest BCUT2D eigenvalue weighted by Crippen LogP contribution is 2.35. The Morgan fingerprint density at radius 1 is 1.25 bits per heavy atom. The molecular weight excluding hydrogens is 380 g/mol. The van der Waals surface area contributed by atoms with Crippen molar-refractivity contribution >= 4 is 39.2 Å². The molecule has 0 aliphatic carbocycles. The van der Waals surface area contributed by atoms with Crippen LogP contribution in [-0.2, 0) is 9.59 Å². The molecule has 0 fully saturated rings. The molecule has 1 atom stereocenters. The Morgan fingerprint density at radius 3 is 2.68 bits per heavy atom. The number of aromatic nitrogens is 2. The molecule has 0 radical (unpaired) electrons. The van der Waals surface area contributed by atoms with Crippen LogP contribution >= 0.6 is 11.3 Å². The highest BCUT2D eigenvalue weighted by Gasteiger charge is 2.19. The van der Waals surface area contributed by atoms with Gasteiger partial charge >= 0.3 is 5.97 Å². The van der Waals surface area contributed by atoms with Gasteiger partial charge < -0.3 is 20.4 Å². The number of carbonyl (C=O) groups excluding carboxylic acids is 1. The largest absolute Gasteiger partial charge is 0.480 e. The summed E-state index contributed by atoms with van der Waals surface area (Å²) in [7, 11) is 1.82. The van der Waals surface area contributed by atoms with Gasteiger partial charge in [-0.05, 0) is 11.6 Å². The van der Waals surface area contributed by atoms with Crippen molar-refractivity contribution in [3.63, 3.8) is 0 Å². The molecule has 1 unspecified atom stereocenters. The zero-order valence-corrected chi connectivity index (χ0v) is 16.0. The number of benzene rings is 1. The number of rotatable bonds is 8. The van der Waals surface area contributed by atoms with E-state index in [1.165, 1.54) is 6.33 Å². The summed E-state index contributed by atoms with van der Waals surface area (Å²) >= 11 is 1.57. The van der Waals surface area contributed by atoms with E-state index in [0.29, 0.717) is 12.4 Å². The smallest absolute Gasteiger partial charge is 0.328 e. The highest BCUT2D eigenvalue weighted by molar-refractivity contribution is 7.21. The van der Waals surface area contributed by atoms with Crippen molar-refractivity contribution < 1.29 is 19.8 Å². The first-order chi connectivity index (χ1) is 13.5. The number of carboxylic acids is 1. The molecule has 2 heterocycles. The van der Waals surface area contributed by atoms with Gasteiger partial charge in [-0.1, -0.05) is 30.3 Å². The molecule has 0 saturated carbocycles. The van der Waals surface area contributed by atoms with Crippen LogP contribution in [0.3, 0.4) is 0 Å². The second-order valence-electron chi connectivity index (χ2n) is 6.21. The van der Waals surface area contributed by atoms with Crippen molar-refractivity contribution in [1.29, 1.82) is 0 Å². The lowest BCUT2D eigenvalue weighted by molar-refractivity contribution is -0.142. The maximum Gasteiger partial charge on any atom is 0.328 e. The molecule has 3 N–H and O–H groups in total. The first-order valence-corrected chi connectivity index (χ1v) is 9.45. The van der Waals surface area contributed by atoms with Crippen LogP contribution in [0.2, 0.25) is 0 Å². The summed E-state index contributed by atoms with van der Waals surface area (Å²) in [5.74, 6) is -1.02. The van der Waals surface area contributed by atoms with E-state index in [-0.39, 0.29) is 6.42 Å². The maximum atomic E-state index is 12.0. The average molecular weight is 400 g/mol. The molecule has 0 aliphatic heterocycles. The summed E-state index contributed by atoms with van der Waals surface area (Å²) < 4.78 is 0. The summed E-state index contributed by atoms with van der Waals surface area (Å²) in [6, 6.07) is 10.7. The fraction of sp³-hybridized carbons (Fsp3) is 0.263. The third-order valence-electron chi connectivity index (χ3n) is 4.22. The summed E-state index contributed by atoms with van der Waals surface area (Å²) in [6.07, 6.45) is 1.56. The lowest BCUT2D eigenvalue weighted by Gasteiger charge is -2.19. The first kappa shape index (κ1) is 19.7. The van der Waals surface area contributed by atoms with Crippen LogP contribution < -0.4 is 10.2 Å². The molecule has 3 aromatic rings. The van der Waals surface area contributed by atoms with Gasteiger partial charge in [0.1, 0.15) is 23.0 Å². The number of thiophene rings is 1. The molecule has 146 valence electrons. The normalized spacial score (nSPS) is 11.9. The van der Waals surface area contributed by atoms with Crippen molar-refractivity contribution in [2.75, 3.05) is 25.1 Å². The number of nitrogens with one attached hydrogen (secondary N) is 1. The minimum absolute atomic E-state index is 0.0709. The molecule has 0 saturated heterocycles. The standard InChI is InChI=1S/C19H20N4O4S/c1-23(8-7-16(25)22-14(10-24)19(26)27)17-13-9-15(12-5-3-2-4-6-12)28-18(13)21-11-20-17/h2-6,9,11,14,24H,7-8,10H2,1H3,(H,22,25)(H,26,27). The van der Waals surface area contributed by atoms with Gasteiger partial charge in [-0.2, -0.15) is 0 Å². The third kappa shape index (κ3) is 4.44. The Kier molecular flexibility index (Phi) is 6.17. The average Bonchev–Trinajstić information content (AvgIpc) is 3.15. The van der Waals surface area contributed by atoms with Gasteiger partial charge in [0.05, 0.1) is 12.0 Å². The minimum atomic E-state index is -1.30. The minimum Gasteiger partial charge on any atom is -0.480 e. The lowest BCUT2D eigenvalue weighted by Crippen LogP contribution is -2.44. The molecule has 9 heteroatoms. The molecule has 3 rings (SSSR count). The summed E-state index contributed by atoms with van der Waals surface area (Å²) in [5, 5.41) is 21.1. The highest BCUT2D eigenvalue weighted by atomic mass is 32.1. The Hall–Kier alpha value is -3.04. The summed E-state index contributed by atoms with van der Waals surface area (Å²) in [4.78, 5) is 35.3. The first-order valence-electron chi connectivity index (χ1n) is 8.63. The molecule has 1 aromatic carbocycles. The van der Waals surface area contributed by atoms with E-state index in [4.69, 9.17) is 10.2 Å². The Bertz CT molecular complexity index is 976. The lowest BCUT2D eigenvalue weighted by atomic mass is 10.2. The predicted molar refractivity (Wildman–Crippen MR) is 107 cm³/mol. The van der Waals surface area contributed by atoms with E-state index in [1.807, 2.05) is 48.3 Å². The number of carboxylic acid groups (broad SMARTS) is 1. The second kappa shape index (κ2) is 8.77. The van der Waals surface area contributed by atoms with Crippen LogP contribution in [0.4, 0.5) is 5.82 Å². The molecule has 1 amide bonds. The fourth-order valence-corrected chi connectivity index (χ4v) is 3.72. The van der Waals surface area contributed by atoms with E-state index in [0.717, 1.165) is 20.7 Å². The predicted octanol–water partition coefficient (Wildman–Crippen LogP) is 1.75. The van der Waals surface area contributed by atoms with Gasteiger partial charge in [0.25, 0.3) is 0 Å². The number of anilines is 1. The molecule has 0 aliphatic rings. The molecule has 2 aromatic heterocycles. The van der Waals surface area contributed by atoms with Gasteiger partial charge in [-0.15, -0.1) is 11.3 Å². The molecule has 0 bridgehead atoms. The summed E-state index contributed by atoms with van der Waals surface area (Å²) in [6.45, 7) is -0.313. The Labute approximate surface area is 165 Å². The number of nitrogens with zero attached hydrogens (tertiary/aromatic N) is 3. The van der Waals surface area contributed by atoms with Crippen molar-refractivity contribution in [2.24, 2.45) is 0 Å². The van der Waals surface area contributed by atoms with Crippen LogP contribution in [-0.4, -0.2) is 58.3 Å². The Balaban J connectivity index is 1.73. The fourth-order valence-electron chi connectivity index (χ4n) is 2.72. The topological polar surface area (TPSA) is 116 Å². The van der Waals surface area contributed by atoms with Crippen molar-refractivity contribution in [2.45, 2.75) is 12.5 Å². The van der Waals surface area contributed by atoms with E-state index in [1.54, 1.807) is 11.3 Å². The molecule has 8 nitrogen and oxygen atoms in total. The number of carbonyl (C=O) groups is 2. The van der Waals surface area contributed by atoms with Gasteiger partial charge in [0, 0.05) is 24.9 Å². The van der Waals surface area contributed by atoms with E-state index in [2.05, 4.69) is 15.3 Å². The van der Waals surface area contributed by atoms with Gasteiger partial charge in [-0.25, -0.2) is 14.8 Å². The van der Waals surface area contributed by atoms with E-state index < -0.39 is 24.5 Å². The summed E-state index contributed by atoms with van der Waals surface area (Å²) in [5.41, 5.74) is 1.10. The molecule has 0 spiro atoms. The Morgan fingerprint density at radius 2 is 2.00 bits per heavy atom. The van der Waals surface area contributed by atoms with E-state index in [9.17, 15) is 9.59 Å². The number of amides is 1. The van der Waals surface area contributed by atoms with Crippen LogP contribution in [0.5, 0.6) is 0 Å². The van der Waals surface area contributed by atoms with Crippen molar-refractivity contribution in [1.82, 2.24) is 15.3 Å². The number of fused-ring (bicyclic) bond motifs is 1. The number of aliphatic hydroxyl groups excluding tert-OH is 1. The maximum absolute atomic E-state index is 12.0. The quantitative estimate of drug-likeness (QED) is 0.527. The van der Waals surface area contributed by atoms with Crippen LogP contribution in [0, 0.1) is 0 Å². The van der Waals surface area contributed by atoms with Gasteiger partial charge in [0.2, 0.25) is 5.91 Å². The van der Waals surface area contributed by atoms with Crippen molar-refractivity contribution in [3.05, 3.63) is 42.7 Å². The zero-order chi connectivity index (χ0) is 20.1. The van der Waals surface area contributed by atoms with Crippen molar-refractivity contribution in [3.8, 4) is 10.4 Å². The monoisotopic (exact) mass is 400 g/mol. The van der Waals surface area contributed by atoms with Crippen LogP contribution in [0.1, 0.15) is 6.42 Å². The van der Waals surface area contributed by atoms with Gasteiger partial charge in [0.15, 0.2) is 0 Å². The van der Waals surface area contributed by atoms with Crippen LogP contribution in [0.25, 0.3) is 20.7 Å².